The Morgan fingerprint density at radius 1 is 1.13 bits per heavy atom. The third-order valence-electron chi connectivity index (χ3n) is 10.1. The first-order chi connectivity index (χ1) is 22.8. The number of aromatic amines is 1. The van der Waals surface area contributed by atoms with Crippen LogP contribution in [0.1, 0.15) is 57.4 Å². The number of benzene rings is 2. The summed E-state index contributed by atoms with van der Waals surface area (Å²) >= 11 is 0. The van der Waals surface area contributed by atoms with Gasteiger partial charge in [0.15, 0.2) is 0 Å². The van der Waals surface area contributed by atoms with Crippen LogP contribution in [0.4, 0.5) is 4.79 Å². The number of H-pyrrole nitrogens is 1. The van der Waals surface area contributed by atoms with E-state index in [-0.39, 0.29) is 24.2 Å². The number of carbonyl (C=O) groups excluding carboxylic acids is 1. The number of fused-ring (bicyclic) bond motifs is 2. The van der Waals surface area contributed by atoms with Crippen molar-refractivity contribution < 1.29 is 38.4 Å². The van der Waals surface area contributed by atoms with E-state index < -0.39 is 11.7 Å². The summed E-state index contributed by atoms with van der Waals surface area (Å²) < 4.78 is 29.1. The molecule has 1 saturated carbocycles. The molecule has 0 spiro atoms. The van der Waals surface area contributed by atoms with E-state index in [4.69, 9.17) is 23.4 Å². The molecule has 2 saturated heterocycles. The molecule has 47 heavy (non-hydrogen) atoms. The van der Waals surface area contributed by atoms with Crippen LogP contribution in [-0.4, -0.2) is 82.9 Å². The molecular formula is C36H45N3O8. The van der Waals surface area contributed by atoms with E-state index in [9.17, 15) is 15.0 Å². The number of hydrogen-bond acceptors (Lipinski definition) is 9. The average Bonchev–Trinajstić information content (AvgIpc) is 3.82. The van der Waals surface area contributed by atoms with Crippen molar-refractivity contribution in [3.63, 3.8) is 0 Å². The molecule has 2 aromatic carbocycles. The third-order valence-corrected chi connectivity index (χ3v) is 10.1. The first-order valence-corrected chi connectivity index (χ1v) is 16.9. The summed E-state index contributed by atoms with van der Waals surface area (Å²) in [5, 5.41) is 25.9. The fraction of sp³-hybridized carbons (Fsp3) is 0.528. The second-order valence-electron chi connectivity index (χ2n) is 13.6. The Labute approximate surface area is 274 Å². The zero-order valence-corrected chi connectivity index (χ0v) is 26.9. The molecule has 11 nitrogen and oxygen atoms in total. The second-order valence-corrected chi connectivity index (χ2v) is 13.6. The number of amides is 1. The number of nitrogens with one attached hydrogen (secondary N) is 2. The Kier molecular flexibility index (Phi) is 9.31. The molecule has 2 aliphatic heterocycles. The maximum absolute atomic E-state index is 12.8. The molecule has 0 radical (unpaired) electrons. The summed E-state index contributed by atoms with van der Waals surface area (Å²) in [7, 11) is 0. The lowest BCUT2D eigenvalue weighted by molar-refractivity contribution is -0.0271. The molecule has 0 bridgehead atoms. The third kappa shape index (κ3) is 7.54. The lowest BCUT2D eigenvalue weighted by atomic mass is 9.80. The minimum atomic E-state index is -0.722. The molecule has 7 rings (SSSR count). The lowest BCUT2D eigenvalue weighted by Crippen LogP contribution is -2.47. The highest BCUT2D eigenvalue weighted by Crippen LogP contribution is 2.34. The number of hydrogen-bond donors (Lipinski definition) is 4. The van der Waals surface area contributed by atoms with Crippen molar-refractivity contribution in [2.45, 2.75) is 82.3 Å². The van der Waals surface area contributed by atoms with Crippen LogP contribution in [0.25, 0.3) is 21.9 Å². The Hall–Kier alpha value is -3.77. The predicted octanol–water partition coefficient (Wildman–Crippen LogP) is 5.52. The SMILES string of the molecule is C[C@H]1CN(CCC2(O)CCC(NC(=O)Oc3cc4c(OCc5coc6cc(O[C@H]7CCOC7)ccc56)cccc4[nH]3)CC2)CC[C@@H]1O. The number of aliphatic hydroxyl groups is 2. The molecule has 11 heteroatoms. The lowest BCUT2D eigenvalue weighted by Gasteiger charge is -2.39. The quantitative estimate of drug-likeness (QED) is 0.175. The zero-order chi connectivity index (χ0) is 32.4. The largest absolute Gasteiger partial charge is 0.488 e. The van der Waals surface area contributed by atoms with E-state index in [1.54, 1.807) is 12.3 Å². The number of carbonyl (C=O) groups is 1. The van der Waals surface area contributed by atoms with Gasteiger partial charge in [0.25, 0.3) is 0 Å². The van der Waals surface area contributed by atoms with Crippen molar-refractivity contribution in [2.75, 3.05) is 32.8 Å². The van der Waals surface area contributed by atoms with Crippen LogP contribution in [-0.2, 0) is 11.3 Å². The maximum Gasteiger partial charge on any atom is 0.414 e. The van der Waals surface area contributed by atoms with Gasteiger partial charge in [-0.2, -0.15) is 0 Å². The van der Waals surface area contributed by atoms with E-state index in [1.165, 1.54) is 0 Å². The Morgan fingerprint density at radius 2 is 2.00 bits per heavy atom. The van der Waals surface area contributed by atoms with E-state index in [0.29, 0.717) is 56.9 Å². The summed E-state index contributed by atoms with van der Waals surface area (Å²) in [5.41, 5.74) is 1.72. The molecule has 1 amide bonds. The average molecular weight is 648 g/mol. The van der Waals surface area contributed by atoms with Crippen LogP contribution in [0.5, 0.6) is 17.4 Å². The molecule has 2 aromatic heterocycles. The summed E-state index contributed by atoms with van der Waals surface area (Å²) in [6.45, 7) is 6.28. The van der Waals surface area contributed by atoms with Crippen molar-refractivity contribution in [1.82, 2.24) is 15.2 Å². The highest BCUT2D eigenvalue weighted by Gasteiger charge is 2.35. The minimum absolute atomic E-state index is 0.0552. The van der Waals surface area contributed by atoms with Crippen LogP contribution < -0.4 is 19.5 Å². The Balaban J connectivity index is 0.899. The van der Waals surface area contributed by atoms with Gasteiger partial charge in [0, 0.05) is 60.6 Å². The van der Waals surface area contributed by atoms with Gasteiger partial charge in [0.05, 0.1) is 36.7 Å². The standard InChI is InChI=1S/C36H45N3O8/c1-23-19-39(14-9-31(23)40)15-13-36(42)11-7-25(8-12-36)37-35(41)47-34-18-29-30(38-34)3-2-4-32(29)44-20-24-21-45-33-17-26(5-6-28(24)33)46-27-10-16-43-22-27/h2-6,17-18,21,23,25,27,31,38,40,42H,7-16,19-20,22H2,1H3,(H,37,41)/t23-,25?,27-,31-,36?/m0/s1. The van der Waals surface area contributed by atoms with Gasteiger partial charge in [-0.25, -0.2) is 4.79 Å². The fourth-order valence-corrected chi connectivity index (χ4v) is 7.12. The van der Waals surface area contributed by atoms with Crippen LogP contribution in [0, 0.1) is 5.92 Å². The highest BCUT2D eigenvalue weighted by atomic mass is 16.6. The number of ether oxygens (including phenoxy) is 4. The highest BCUT2D eigenvalue weighted by molar-refractivity contribution is 5.88. The van der Waals surface area contributed by atoms with Crippen LogP contribution in [0.3, 0.4) is 0 Å². The number of furan rings is 1. The van der Waals surface area contributed by atoms with Gasteiger partial charge in [0.1, 0.15) is 29.8 Å². The number of aliphatic hydroxyl groups excluding tert-OH is 1. The molecule has 3 fully saturated rings. The molecule has 4 heterocycles. The van der Waals surface area contributed by atoms with Crippen molar-refractivity contribution in [3.8, 4) is 17.4 Å². The first kappa shape index (κ1) is 31.8. The molecule has 0 unspecified atom stereocenters. The van der Waals surface area contributed by atoms with Gasteiger partial charge >= 0.3 is 6.09 Å². The van der Waals surface area contributed by atoms with Crippen molar-refractivity contribution in [1.29, 1.82) is 0 Å². The van der Waals surface area contributed by atoms with E-state index in [2.05, 4.69) is 22.1 Å². The number of aromatic nitrogens is 1. The molecule has 252 valence electrons. The Morgan fingerprint density at radius 3 is 2.81 bits per heavy atom. The van der Waals surface area contributed by atoms with Gasteiger partial charge in [-0.05, 0) is 68.7 Å². The summed E-state index contributed by atoms with van der Waals surface area (Å²) in [4.78, 5) is 18.3. The van der Waals surface area contributed by atoms with Gasteiger partial charge in [0.2, 0.25) is 5.88 Å². The maximum atomic E-state index is 12.8. The molecule has 3 atom stereocenters. The van der Waals surface area contributed by atoms with Gasteiger partial charge < -0.3 is 48.8 Å². The molecular weight excluding hydrogens is 602 g/mol. The van der Waals surface area contributed by atoms with Crippen molar-refractivity contribution in [2.24, 2.45) is 5.92 Å². The number of nitrogens with zero attached hydrogens (tertiary/aromatic N) is 1. The normalized spacial score (nSPS) is 26.9. The second kappa shape index (κ2) is 13.8. The molecule has 1 aliphatic carbocycles. The van der Waals surface area contributed by atoms with Crippen molar-refractivity contribution in [3.05, 3.63) is 54.3 Å². The van der Waals surface area contributed by atoms with Crippen LogP contribution in [0.2, 0.25) is 0 Å². The summed E-state index contributed by atoms with van der Waals surface area (Å²) in [6, 6.07) is 13.2. The number of rotatable bonds is 10. The predicted molar refractivity (Wildman–Crippen MR) is 176 cm³/mol. The van der Waals surface area contributed by atoms with Crippen LogP contribution >= 0.6 is 0 Å². The number of piperidine rings is 1. The molecule has 3 aliphatic rings. The molecule has 4 aromatic rings. The van der Waals surface area contributed by atoms with Gasteiger partial charge in [-0.3, -0.25) is 0 Å². The first-order valence-electron chi connectivity index (χ1n) is 16.9. The van der Waals surface area contributed by atoms with E-state index in [0.717, 1.165) is 72.3 Å². The number of likely N-dealkylation sites (tertiary alicyclic amines) is 1. The monoisotopic (exact) mass is 647 g/mol. The van der Waals surface area contributed by atoms with Gasteiger partial charge in [-0.15, -0.1) is 0 Å². The summed E-state index contributed by atoms with van der Waals surface area (Å²) in [6.07, 6.45) is 6.05. The van der Waals surface area contributed by atoms with E-state index in [1.807, 2.05) is 36.4 Å². The van der Waals surface area contributed by atoms with Gasteiger partial charge in [-0.1, -0.05) is 13.0 Å². The summed E-state index contributed by atoms with van der Waals surface area (Å²) in [5.74, 6) is 2.01. The Bertz CT molecular complexity index is 1670. The molecule has 4 N–H and O–H groups in total. The van der Waals surface area contributed by atoms with Crippen LogP contribution in [0.15, 0.2) is 53.1 Å². The van der Waals surface area contributed by atoms with E-state index >= 15 is 0 Å². The fourth-order valence-electron chi connectivity index (χ4n) is 7.12. The zero-order valence-electron chi connectivity index (χ0n) is 26.9. The minimum Gasteiger partial charge on any atom is -0.488 e. The smallest absolute Gasteiger partial charge is 0.414 e. The van der Waals surface area contributed by atoms with Crippen molar-refractivity contribution >= 4 is 28.0 Å². The topological polar surface area (TPSA) is 139 Å².